The Bertz CT molecular complexity index is 675. The van der Waals surface area contributed by atoms with Crippen molar-refractivity contribution in [2.45, 2.75) is 5.60 Å². The summed E-state index contributed by atoms with van der Waals surface area (Å²) in [6.45, 7) is 0. The first-order chi connectivity index (χ1) is 10.2. The van der Waals surface area contributed by atoms with Crippen LogP contribution in [0.4, 0.5) is 4.39 Å². The molecule has 1 atom stereocenters. The van der Waals surface area contributed by atoms with E-state index < -0.39 is 5.60 Å². The molecule has 1 heterocycles. The number of hydrogen-bond donors (Lipinski definition) is 1. The Morgan fingerprint density at radius 1 is 0.857 bits per heavy atom. The Kier molecular flexibility index (Phi) is 3.46. The molecular weight excluding hydrogens is 267 g/mol. The molecule has 0 aliphatic rings. The third kappa shape index (κ3) is 2.41. The van der Waals surface area contributed by atoms with Crippen LogP contribution in [-0.4, -0.2) is 15.1 Å². The van der Waals surface area contributed by atoms with Crippen LogP contribution in [0.25, 0.3) is 0 Å². The van der Waals surface area contributed by atoms with Crippen molar-refractivity contribution >= 4 is 0 Å². The van der Waals surface area contributed by atoms with E-state index in [0.717, 1.165) is 0 Å². The average Bonchev–Trinajstić information content (AvgIpc) is 2.56. The highest BCUT2D eigenvalue weighted by atomic mass is 19.1. The van der Waals surface area contributed by atoms with Crippen molar-refractivity contribution in [3.63, 3.8) is 0 Å². The molecule has 3 aromatic rings. The van der Waals surface area contributed by atoms with Gasteiger partial charge in [0.25, 0.3) is 0 Å². The first kappa shape index (κ1) is 13.4. The number of halogens is 1. The largest absolute Gasteiger partial charge is 0.374 e. The highest BCUT2D eigenvalue weighted by molar-refractivity contribution is 5.43. The molecule has 0 bridgehead atoms. The highest BCUT2D eigenvalue weighted by Gasteiger charge is 2.35. The zero-order valence-corrected chi connectivity index (χ0v) is 11.1. The van der Waals surface area contributed by atoms with E-state index in [1.54, 1.807) is 30.5 Å². The summed E-state index contributed by atoms with van der Waals surface area (Å²) in [6.07, 6.45) is 4.57. The van der Waals surface area contributed by atoms with E-state index in [0.29, 0.717) is 16.8 Å². The maximum absolute atomic E-state index is 13.2. The van der Waals surface area contributed by atoms with E-state index in [-0.39, 0.29) is 5.82 Å². The minimum Gasteiger partial charge on any atom is -0.374 e. The summed E-state index contributed by atoms with van der Waals surface area (Å²) < 4.78 is 13.2. The maximum Gasteiger partial charge on any atom is 0.158 e. The Hall–Kier alpha value is -2.59. The fourth-order valence-corrected chi connectivity index (χ4v) is 2.32. The van der Waals surface area contributed by atoms with Gasteiger partial charge in [0, 0.05) is 12.4 Å². The van der Waals surface area contributed by atoms with Crippen LogP contribution in [0.3, 0.4) is 0 Å². The second kappa shape index (κ2) is 5.42. The molecule has 3 nitrogen and oxygen atoms in total. The lowest BCUT2D eigenvalue weighted by molar-refractivity contribution is 0.120. The predicted molar refractivity (Wildman–Crippen MR) is 77.0 cm³/mol. The summed E-state index contributed by atoms with van der Waals surface area (Å²) >= 11 is 0. The molecule has 1 N–H and O–H groups in total. The standard InChI is InChI=1S/C17H13FN2O/c18-15-8-6-14(7-9-15)17(21,13-4-2-1-3-5-13)16-12-19-10-11-20-16/h1-12,21H. The Balaban J connectivity index is 2.23. The topological polar surface area (TPSA) is 46.0 Å². The van der Waals surface area contributed by atoms with Crippen LogP contribution in [0.2, 0.25) is 0 Å². The van der Waals surface area contributed by atoms with Crippen LogP contribution >= 0.6 is 0 Å². The van der Waals surface area contributed by atoms with E-state index in [1.165, 1.54) is 24.5 Å². The molecule has 0 aliphatic carbocycles. The van der Waals surface area contributed by atoms with Gasteiger partial charge < -0.3 is 5.11 Å². The van der Waals surface area contributed by atoms with Crippen molar-refractivity contribution in [1.29, 1.82) is 0 Å². The molecule has 3 rings (SSSR count). The van der Waals surface area contributed by atoms with Gasteiger partial charge in [-0.25, -0.2) is 4.39 Å². The molecule has 4 heteroatoms. The molecule has 2 aromatic carbocycles. The zero-order valence-electron chi connectivity index (χ0n) is 11.1. The van der Waals surface area contributed by atoms with E-state index >= 15 is 0 Å². The molecule has 0 fully saturated rings. The number of rotatable bonds is 3. The second-order valence-electron chi connectivity index (χ2n) is 4.67. The van der Waals surface area contributed by atoms with Gasteiger partial charge in [0.2, 0.25) is 0 Å². The van der Waals surface area contributed by atoms with Crippen LogP contribution in [0.15, 0.2) is 73.2 Å². The zero-order chi connectivity index (χ0) is 14.7. The lowest BCUT2D eigenvalue weighted by Gasteiger charge is -2.28. The molecule has 104 valence electrons. The van der Waals surface area contributed by atoms with Gasteiger partial charge in [0.1, 0.15) is 5.82 Å². The molecule has 0 radical (unpaired) electrons. The molecule has 0 amide bonds. The second-order valence-corrected chi connectivity index (χ2v) is 4.67. The van der Waals surface area contributed by atoms with Gasteiger partial charge in [-0.05, 0) is 23.3 Å². The van der Waals surface area contributed by atoms with Crippen molar-refractivity contribution in [2.75, 3.05) is 0 Å². The molecule has 1 aromatic heterocycles. The minimum absolute atomic E-state index is 0.353. The van der Waals surface area contributed by atoms with E-state index in [9.17, 15) is 9.50 Å². The van der Waals surface area contributed by atoms with Crippen LogP contribution in [0.1, 0.15) is 16.8 Å². The van der Waals surface area contributed by atoms with Gasteiger partial charge in [0.15, 0.2) is 5.60 Å². The number of aliphatic hydroxyl groups is 1. The molecule has 0 saturated heterocycles. The summed E-state index contributed by atoms with van der Waals surface area (Å²) in [4.78, 5) is 8.24. The normalized spacial score (nSPS) is 13.6. The van der Waals surface area contributed by atoms with Crippen molar-refractivity contribution < 1.29 is 9.50 Å². The van der Waals surface area contributed by atoms with Crippen molar-refractivity contribution in [2.24, 2.45) is 0 Å². The summed E-state index contributed by atoms with van der Waals surface area (Å²) in [5, 5.41) is 11.3. The fourth-order valence-electron chi connectivity index (χ4n) is 2.32. The van der Waals surface area contributed by atoms with Crippen molar-refractivity contribution in [3.8, 4) is 0 Å². The maximum atomic E-state index is 13.2. The highest BCUT2D eigenvalue weighted by Crippen LogP contribution is 2.34. The van der Waals surface area contributed by atoms with E-state index in [2.05, 4.69) is 9.97 Å². The minimum atomic E-state index is -1.47. The van der Waals surface area contributed by atoms with E-state index in [1.807, 2.05) is 18.2 Å². The monoisotopic (exact) mass is 280 g/mol. The quantitative estimate of drug-likeness (QED) is 0.802. The average molecular weight is 280 g/mol. The van der Waals surface area contributed by atoms with Crippen molar-refractivity contribution in [1.82, 2.24) is 9.97 Å². The molecule has 0 spiro atoms. The first-order valence-electron chi connectivity index (χ1n) is 6.51. The predicted octanol–water partition coefficient (Wildman–Crippen LogP) is 2.90. The van der Waals surface area contributed by atoms with Gasteiger partial charge >= 0.3 is 0 Å². The molecule has 1 unspecified atom stereocenters. The Morgan fingerprint density at radius 3 is 2.14 bits per heavy atom. The van der Waals surface area contributed by atoms with Gasteiger partial charge in [-0.3, -0.25) is 9.97 Å². The SMILES string of the molecule is OC(c1ccccc1)(c1ccc(F)cc1)c1cnccn1. The summed E-state index contributed by atoms with van der Waals surface area (Å²) in [5.41, 5.74) is 0.110. The lowest BCUT2D eigenvalue weighted by Crippen LogP contribution is -2.30. The molecule has 0 saturated carbocycles. The fraction of sp³-hybridized carbons (Fsp3) is 0.0588. The number of nitrogens with zero attached hydrogens (tertiary/aromatic N) is 2. The molecule has 0 aliphatic heterocycles. The third-order valence-electron chi connectivity index (χ3n) is 3.39. The number of benzene rings is 2. The summed E-state index contributed by atoms with van der Waals surface area (Å²) in [6, 6.07) is 14.9. The number of aromatic nitrogens is 2. The Morgan fingerprint density at radius 2 is 1.52 bits per heavy atom. The number of hydrogen-bond acceptors (Lipinski definition) is 3. The van der Waals surface area contributed by atoms with Crippen LogP contribution < -0.4 is 0 Å². The first-order valence-corrected chi connectivity index (χ1v) is 6.51. The van der Waals surface area contributed by atoms with E-state index in [4.69, 9.17) is 0 Å². The smallest absolute Gasteiger partial charge is 0.158 e. The van der Waals surface area contributed by atoms with Gasteiger partial charge in [-0.15, -0.1) is 0 Å². The van der Waals surface area contributed by atoms with Crippen LogP contribution in [0, 0.1) is 5.82 Å². The molecular formula is C17H13FN2O. The summed E-state index contributed by atoms with van der Waals surface area (Å²) in [7, 11) is 0. The van der Waals surface area contributed by atoms with Gasteiger partial charge in [-0.1, -0.05) is 42.5 Å². The summed E-state index contributed by atoms with van der Waals surface area (Å²) in [5.74, 6) is -0.353. The van der Waals surface area contributed by atoms with Gasteiger partial charge in [-0.2, -0.15) is 0 Å². The third-order valence-corrected chi connectivity index (χ3v) is 3.39. The molecule has 21 heavy (non-hydrogen) atoms. The van der Waals surface area contributed by atoms with Crippen molar-refractivity contribution in [3.05, 3.63) is 95.8 Å². The van der Waals surface area contributed by atoms with Crippen LogP contribution in [-0.2, 0) is 5.60 Å². The van der Waals surface area contributed by atoms with Crippen LogP contribution in [0.5, 0.6) is 0 Å². The Labute approximate surface area is 121 Å². The lowest BCUT2D eigenvalue weighted by atomic mass is 9.84. The van der Waals surface area contributed by atoms with Gasteiger partial charge in [0.05, 0.1) is 11.9 Å².